The molecule has 0 fully saturated rings. The maximum Gasteiger partial charge on any atom is 0.132 e. The van der Waals surface area contributed by atoms with Gasteiger partial charge in [-0.1, -0.05) is 29.7 Å². The summed E-state index contributed by atoms with van der Waals surface area (Å²) in [5, 5.41) is 0. The average molecular weight is 225 g/mol. The van der Waals surface area contributed by atoms with Gasteiger partial charge in [0.15, 0.2) is 0 Å². The number of imidazole rings is 1. The van der Waals surface area contributed by atoms with Crippen molar-refractivity contribution in [1.29, 1.82) is 0 Å². The first kappa shape index (κ1) is 11.3. The van der Waals surface area contributed by atoms with E-state index in [1.165, 1.54) is 5.56 Å². The Hall–Kier alpha value is -2.21. The standard InChI is InChI=1S/C14H15N3/c1-4-8-17-11(3)16-13(14(17)15)12-7-5-6-10(2)9-12/h1,5-7,9H,8,15H2,2-3H3. The largest absolute Gasteiger partial charge is 0.383 e. The van der Waals surface area contributed by atoms with Crippen LogP contribution in [0.1, 0.15) is 11.4 Å². The van der Waals surface area contributed by atoms with Gasteiger partial charge >= 0.3 is 0 Å². The highest BCUT2D eigenvalue weighted by molar-refractivity contribution is 5.71. The van der Waals surface area contributed by atoms with Crippen molar-refractivity contribution < 1.29 is 0 Å². The van der Waals surface area contributed by atoms with Crippen LogP contribution in [0.15, 0.2) is 24.3 Å². The number of nitrogen functional groups attached to an aromatic ring is 1. The molecule has 3 heteroatoms. The fourth-order valence-electron chi connectivity index (χ4n) is 1.88. The minimum Gasteiger partial charge on any atom is -0.383 e. The summed E-state index contributed by atoms with van der Waals surface area (Å²) in [4.78, 5) is 4.48. The molecular weight excluding hydrogens is 210 g/mol. The third-order valence-corrected chi connectivity index (χ3v) is 2.74. The van der Waals surface area contributed by atoms with Crippen LogP contribution in [0, 0.1) is 26.2 Å². The van der Waals surface area contributed by atoms with E-state index in [2.05, 4.69) is 17.0 Å². The molecular formula is C14H15N3. The van der Waals surface area contributed by atoms with Crippen molar-refractivity contribution in [1.82, 2.24) is 9.55 Å². The molecule has 2 aromatic rings. The van der Waals surface area contributed by atoms with Gasteiger partial charge in [-0.3, -0.25) is 0 Å². The van der Waals surface area contributed by atoms with Gasteiger partial charge in [-0.15, -0.1) is 6.42 Å². The number of aryl methyl sites for hydroxylation is 2. The summed E-state index contributed by atoms with van der Waals surface area (Å²) < 4.78 is 1.84. The number of benzene rings is 1. The Balaban J connectivity index is 2.54. The predicted molar refractivity (Wildman–Crippen MR) is 70.4 cm³/mol. The molecule has 1 aromatic carbocycles. The molecule has 1 heterocycles. The van der Waals surface area contributed by atoms with E-state index in [1.807, 2.05) is 36.6 Å². The predicted octanol–water partition coefficient (Wildman–Crippen LogP) is 2.38. The number of hydrogen-bond donors (Lipinski definition) is 1. The van der Waals surface area contributed by atoms with Crippen LogP contribution in [0.5, 0.6) is 0 Å². The summed E-state index contributed by atoms with van der Waals surface area (Å²) in [6.45, 7) is 4.41. The zero-order chi connectivity index (χ0) is 12.4. The highest BCUT2D eigenvalue weighted by Gasteiger charge is 2.12. The second-order valence-electron chi connectivity index (χ2n) is 4.05. The van der Waals surface area contributed by atoms with Crippen LogP contribution in [0.3, 0.4) is 0 Å². The van der Waals surface area contributed by atoms with Crippen LogP contribution in [-0.2, 0) is 6.54 Å². The molecule has 0 aliphatic heterocycles. The average Bonchev–Trinajstić information content (AvgIpc) is 2.57. The van der Waals surface area contributed by atoms with Gasteiger partial charge in [0, 0.05) is 5.56 Å². The van der Waals surface area contributed by atoms with Crippen LogP contribution in [0.25, 0.3) is 11.3 Å². The van der Waals surface area contributed by atoms with Gasteiger partial charge in [0.1, 0.15) is 17.3 Å². The van der Waals surface area contributed by atoms with Gasteiger partial charge in [0.2, 0.25) is 0 Å². The number of nitrogens with zero attached hydrogens (tertiary/aromatic N) is 2. The lowest BCUT2D eigenvalue weighted by molar-refractivity contribution is 0.807. The van der Waals surface area contributed by atoms with Crippen molar-refractivity contribution >= 4 is 5.82 Å². The van der Waals surface area contributed by atoms with E-state index in [0.29, 0.717) is 12.4 Å². The van der Waals surface area contributed by atoms with E-state index in [0.717, 1.165) is 17.1 Å². The summed E-state index contributed by atoms with van der Waals surface area (Å²) in [6, 6.07) is 8.12. The lowest BCUT2D eigenvalue weighted by atomic mass is 10.1. The highest BCUT2D eigenvalue weighted by Crippen LogP contribution is 2.26. The normalized spacial score (nSPS) is 10.2. The van der Waals surface area contributed by atoms with Crippen LogP contribution in [0.2, 0.25) is 0 Å². The first-order valence-electron chi connectivity index (χ1n) is 5.46. The first-order valence-corrected chi connectivity index (χ1v) is 5.46. The van der Waals surface area contributed by atoms with Gasteiger partial charge in [-0.05, 0) is 19.9 Å². The van der Waals surface area contributed by atoms with Crippen molar-refractivity contribution in [2.45, 2.75) is 20.4 Å². The topological polar surface area (TPSA) is 43.8 Å². The quantitative estimate of drug-likeness (QED) is 0.797. The van der Waals surface area contributed by atoms with Crippen molar-refractivity contribution in [2.24, 2.45) is 0 Å². The molecule has 0 atom stereocenters. The minimum atomic E-state index is 0.455. The molecule has 2 rings (SSSR count). The lowest BCUT2D eigenvalue weighted by Crippen LogP contribution is -2.03. The first-order chi connectivity index (χ1) is 8.13. The SMILES string of the molecule is C#CCn1c(C)nc(-c2cccc(C)c2)c1N. The van der Waals surface area contributed by atoms with Crippen LogP contribution in [-0.4, -0.2) is 9.55 Å². The Morgan fingerprint density at radius 1 is 1.41 bits per heavy atom. The van der Waals surface area contributed by atoms with E-state index >= 15 is 0 Å². The Labute approximate surface area is 101 Å². The zero-order valence-electron chi connectivity index (χ0n) is 10.1. The molecule has 2 N–H and O–H groups in total. The number of hydrogen-bond acceptors (Lipinski definition) is 2. The number of terminal acetylenes is 1. The highest BCUT2D eigenvalue weighted by atomic mass is 15.1. The van der Waals surface area contributed by atoms with Gasteiger partial charge in [-0.2, -0.15) is 0 Å². The monoisotopic (exact) mass is 225 g/mol. The third-order valence-electron chi connectivity index (χ3n) is 2.74. The maximum atomic E-state index is 6.08. The Morgan fingerprint density at radius 2 is 2.18 bits per heavy atom. The van der Waals surface area contributed by atoms with Gasteiger partial charge in [0.25, 0.3) is 0 Å². The van der Waals surface area contributed by atoms with Crippen molar-refractivity contribution in [2.75, 3.05) is 5.73 Å². The fourth-order valence-corrected chi connectivity index (χ4v) is 1.88. The summed E-state index contributed by atoms with van der Waals surface area (Å²) in [5.74, 6) is 4.06. The molecule has 3 nitrogen and oxygen atoms in total. The van der Waals surface area contributed by atoms with Crippen molar-refractivity contribution in [3.8, 4) is 23.6 Å². The molecule has 0 saturated carbocycles. The molecule has 1 aromatic heterocycles. The second kappa shape index (κ2) is 4.34. The smallest absolute Gasteiger partial charge is 0.132 e. The van der Waals surface area contributed by atoms with Gasteiger partial charge in [-0.25, -0.2) is 4.98 Å². The van der Waals surface area contributed by atoms with Crippen molar-refractivity contribution in [3.05, 3.63) is 35.7 Å². The summed E-state index contributed by atoms with van der Waals surface area (Å²) in [7, 11) is 0. The summed E-state index contributed by atoms with van der Waals surface area (Å²) in [6.07, 6.45) is 5.32. The molecule has 0 aliphatic rings. The minimum absolute atomic E-state index is 0.455. The molecule has 0 bridgehead atoms. The Kier molecular flexibility index (Phi) is 2.88. The number of rotatable bonds is 2. The van der Waals surface area contributed by atoms with E-state index in [-0.39, 0.29) is 0 Å². The van der Waals surface area contributed by atoms with E-state index < -0.39 is 0 Å². The summed E-state index contributed by atoms with van der Waals surface area (Å²) in [5.41, 5.74) is 9.10. The number of anilines is 1. The molecule has 0 unspecified atom stereocenters. The van der Waals surface area contributed by atoms with E-state index in [1.54, 1.807) is 0 Å². The molecule has 0 aliphatic carbocycles. The van der Waals surface area contributed by atoms with Gasteiger partial charge < -0.3 is 10.3 Å². The van der Waals surface area contributed by atoms with Gasteiger partial charge in [0.05, 0.1) is 6.54 Å². The molecule has 86 valence electrons. The Bertz CT molecular complexity index is 588. The molecule has 0 saturated heterocycles. The second-order valence-corrected chi connectivity index (χ2v) is 4.05. The molecule has 17 heavy (non-hydrogen) atoms. The van der Waals surface area contributed by atoms with E-state index in [9.17, 15) is 0 Å². The maximum absolute atomic E-state index is 6.08. The third kappa shape index (κ3) is 2.02. The molecule has 0 radical (unpaired) electrons. The van der Waals surface area contributed by atoms with Crippen LogP contribution in [0.4, 0.5) is 5.82 Å². The van der Waals surface area contributed by atoms with E-state index in [4.69, 9.17) is 12.2 Å². The lowest BCUT2D eigenvalue weighted by Gasteiger charge is -2.03. The summed E-state index contributed by atoms with van der Waals surface area (Å²) >= 11 is 0. The molecule has 0 spiro atoms. The number of nitrogens with two attached hydrogens (primary N) is 1. The van der Waals surface area contributed by atoms with Crippen LogP contribution < -0.4 is 5.73 Å². The van der Waals surface area contributed by atoms with Crippen molar-refractivity contribution in [3.63, 3.8) is 0 Å². The fraction of sp³-hybridized carbons (Fsp3) is 0.214. The van der Waals surface area contributed by atoms with Crippen LogP contribution >= 0.6 is 0 Å². The molecule has 0 amide bonds. The Morgan fingerprint density at radius 3 is 2.82 bits per heavy atom. The zero-order valence-corrected chi connectivity index (χ0v) is 10.1. The number of aromatic nitrogens is 2.